The van der Waals surface area contributed by atoms with Gasteiger partial charge in [0.1, 0.15) is 13.2 Å². The summed E-state index contributed by atoms with van der Waals surface area (Å²) in [6.45, 7) is 3.13. The fourth-order valence-corrected chi connectivity index (χ4v) is 2.72. The minimum Gasteiger partial charge on any atom is -0.486 e. The molecule has 5 heteroatoms. The number of ether oxygens (including phenoxy) is 2. The van der Waals surface area contributed by atoms with Crippen LogP contribution >= 0.6 is 11.6 Å². The highest BCUT2D eigenvalue weighted by atomic mass is 35.5. The van der Waals surface area contributed by atoms with E-state index in [2.05, 4.69) is 5.43 Å². The number of hydrogen-bond acceptors (Lipinski definition) is 4. The van der Waals surface area contributed by atoms with Gasteiger partial charge >= 0.3 is 0 Å². The van der Waals surface area contributed by atoms with Crippen LogP contribution in [0, 0.1) is 6.92 Å². The van der Waals surface area contributed by atoms with E-state index < -0.39 is 0 Å². The monoisotopic (exact) mass is 304 g/mol. The Labute approximate surface area is 128 Å². The topological polar surface area (TPSA) is 56.5 Å². The number of halogens is 1. The van der Waals surface area contributed by atoms with Gasteiger partial charge in [0, 0.05) is 5.02 Å². The third kappa shape index (κ3) is 2.70. The molecule has 1 atom stereocenters. The van der Waals surface area contributed by atoms with Gasteiger partial charge in [0.25, 0.3) is 0 Å². The first-order valence-electron chi connectivity index (χ1n) is 6.81. The summed E-state index contributed by atoms with van der Waals surface area (Å²) >= 11 is 6.20. The molecule has 1 aliphatic rings. The molecule has 2 aromatic carbocycles. The van der Waals surface area contributed by atoms with E-state index in [1.165, 1.54) is 0 Å². The third-order valence-corrected chi connectivity index (χ3v) is 4.10. The smallest absolute Gasteiger partial charge is 0.161 e. The Kier molecular flexibility index (Phi) is 4.01. The largest absolute Gasteiger partial charge is 0.486 e. The molecule has 3 rings (SSSR count). The van der Waals surface area contributed by atoms with Crippen LogP contribution in [0.15, 0.2) is 36.4 Å². The van der Waals surface area contributed by atoms with Gasteiger partial charge < -0.3 is 9.47 Å². The first-order valence-corrected chi connectivity index (χ1v) is 7.19. The maximum Gasteiger partial charge on any atom is 0.161 e. The van der Waals surface area contributed by atoms with Crippen molar-refractivity contribution in [2.24, 2.45) is 5.84 Å². The van der Waals surface area contributed by atoms with Crippen LogP contribution in [0.1, 0.15) is 22.7 Å². The quantitative estimate of drug-likeness (QED) is 0.676. The third-order valence-electron chi connectivity index (χ3n) is 3.69. The fourth-order valence-electron chi connectivity index (χ4n) is 2.54. The van der Waals surface area contributed by atoms with Crippen molar-refractivity contribution in [2.45, 2.75) is 13.0 Å². The van der Waals surface area contributed by atoms with Crippen LogP contribution < -0.4 is 20.7 Å². The summed E-state index contributed by atoms with van der Waals surface area (Å²) in [5, 5.41) is 0.727. The standard InChI is InChI=1S/C16H17ClN2O2/c1-10-12(3-2-4-13(10)17)16(19-18)11-5-6-14-15(9-11)21-8-7-20-14/h2-6,9,16,19H,7-8,18H2,1H3. The highest BCUT2D eigenvalue weighted by molar-refractivity contribution is 6.31. The van der Waals surface area contributed by atoms with E-state index in [0.717, 1.165) is 33.2 Å². The molecule has 0 amide bonds. The molecule has 2 aromatic rings. The molecule has 110 valence electrons. The Balaban J connectivity index is 2.02. The second kappa shape index (κ2) is 5.93. The van der Waals surface area contributed by atoms with Gasteiger partial charge in [0.2, 0.25) is 0 Å². The van der Waals surface area contributed by atoms with Crippen molar-refractivity contribution >= 4 is 11.6 Å². The van der Waals surface area contributed by atoms with Crippen molar-refractivity contribution in [2.75, 3.05) is 13.2 Å². The zero-order valence-corrected chi connectivity index (χ0v) is 12.5. The second-order valence-corrected chi connectivity index (χ2v) is 5.36. The van der Waals surface area contributed by atoms with Gasteiger partial charge in [-0.15, -0.1) is 0 Å². The molecule has 21 heavy (non-hydrogen) atoms. The molecule has 0 bridgehead atoms. The number of fused-ring (bicyclic) bond motifs is 1. The number of rotatable bonds is 3. The molecular weight excluding hydrogens is 288 g/mol. The summed E-state index contributed by atoms with van der Waals surface area (Å²) in [5.74, 6) is 7.28. The van der Waals surface area contributed by atoms with Crippen LogP contribution in [0.4, 0.5) is 0 Å². The summed E-state index contributed by atoms with van der Waals surface area (Å²) in [6.07, 6.45) is 0. The van der Waals surface area contributed by atoms with Crippen LogP contribution in [0.2, 0.25) is 5.02 Å². The normalized spacial score (nSPS) is 14.8. The van der Waals surface area contributed by atoms with Crippen LogP contribution in [0.25, 0.3) is 0 Å². The Morgan fingerprint density at radius 3 is 2.67 bits per heavy atom. The summed E-state index contributed by atoms with van der Waals surface area (Å²) in [7, 11) is 0. The molecule has 0 aliphatic carbocycles. The fraction of sp³-hybridized carbons (Fsp3) is 0.250. The van der Waals surface area contributed by atoms with Crippen molar-refractivity contribution in [1.29, 1.82) is 0 Å². The number of nitrogens with two attached hydrogens (primary N) is 1. The minimum atomic E-state index is -0.153. The van der Waals surface area contributed by atoms with Crippen LogP contribution in [0.5, 0.6) is 11.5 Å². The number of hydrazine groups is 1. The Morgan fingerprint density at radius 2 is 1.90 bits per heavy atom. The van der Waals surface area contributed by atoms with Crippen molar-refractivity contribution in [1.82, 2.24) is 5.43 Å². The highest BCUT2D eigenvalue weighted by Gasteiger charge is 2.19. The van der Waals surface area contributed by atoms with Gasteiger partial charge in [-0.05, 0) is 41.8 Å². The van der Waals surface area contributed by atoms with Crippen LogP contribution in [-0.2, 0) is 0 Å². The molecule has 0 radical (unpaired) electrons. The zero-order valence-electron chi connectivity index (χ0n) is 11.7. The Bertz CT molecular complexity index is 661. The van der Waals surface area contributed by atoms with Crippen molar-refractivity contribution in [3.8, 4) is 11.5 Å². The molecule has 0 spiro atoms. The first kappa shape index (κ1) is 14.2. The van der Waals surface area contributed by atoms with Gasteiger partial charge in [0.05, 0.1) is 6.04 Å². The van der Waals surface area contributed by atoms with E-state index in [1.54, 1.807) is 0 Å². The molecule has 1 aliphatic heterocycles. The lowest BCUT2D eigenvalue weighted by Crippen LogP contribution is -2.29. The SMILES string of the molecule is Cc1c(Cl)cccc1C(NN)c1ccc2c(c1)OCCO2. The molecule has 3 N–H and O–H groups in total. The van der Waals surface area contributed by atoms with E-state index in [-0.39, 0.29) is 6.04 Å². The predicted molar refractivity (Wildman–Crippen MR) is 82.8 cm³/mol. The van der Waals surface area contributed by atoms with E-state index in [0.29, 0.717) is 13.2 Å². The van der Waals surface area contributed by atoms with Crippen LogP contribution in [-0.4, -0.2) is 13.2 Å². The van der Waals surface area contributed by atoms with Gasteiger partial charge in [-0.25, -0.2) is 5.43 Å². The number of nitrogens with one attached hydrogen (secondary N) is 1. The van der Waals surface area contributed by atoms with E-state index in [9.17, 15) is 0 Å². The number of hydrogen-bond donors (Lipinski definition) is 2. The summed E-state index contributed by atoms with van der Waals surface area (Å²) in [5.41, 5.74) is 5.92. The van der Waals surface area contributed by atoms with Gasteiger partial charge in [0.15, 0.2) is 11.5 Å². The maximum atomic E-state index is 6.20. The summed E-state index contributed by atoms with van der Waals surface area (Å²) < 4.78 is 11.2. The van der Waals surface area contributed by atoms with Crippen molar-refractivity contribution in [3.63, 3.8) is 0 Å². The van der Waals surface area contributed by atoms with Gasteiger partial charge in [-0.2, -0.15) is 0 Å². The summed E-state index contributed by atoms with van der Waals surface area (Å²) in [4.78, 5) is 0. The lowest BCUT2D eigenvalue weighted by molar-refractivity contribution is 0.171. The Morgan fingerprint density at radius 1 is 1.14 bits per heavy atom. The molecule has 0 aromatic heterocycles. The average Bonchev–Trinajstić information content (AvgIpc) is 2.52. The predicted octanol–water partition coefficient (Wildman–Crippen LogP) is 2.97. The molecule has 0 saturated heterocycles. The molecular formula is C16H17ClN2O2. The van der Waals surface area contributed by atoms with Gasteiger partial charge in [-0.3, -0.25) is 5.84 Å². The van der Waals surface area contributed by atoms with Crippen molar-refractivity contribution in [3.05, 3.63) is 58.1 Å². The van der Waals surface area contributed by atoms with E-state index in [4.69, 9.17) is 26.9 Å². The molecule has 0 fully saturated rings. The first-order chi connectivity index (χ1) is 10.2. The Hall–Kier alpha value is -1.75. The zero-order chi connectivity index (χ0) is 14.8. The van der Waals surface area contributed by atoms with Crippen molar-refractivity contribution < 1.29 is 9.47 Å². The molecule has 1 unspecified atom stereocenters. The maximum absolute atomic E-state index is 6.20. The average molecular weight is 305 g/mol. The lowest BCUT2D eigenvalue weighted by Gasteiger charge is -2.23. The van der Waals surface area contributed by atoms with Gasteiger partial charge in [-0.1, -0.05) is 29.8 Å². The summed E-state index contributed by atoms with van der Waals surface area (Å²) in [6, 6.07) is 11.5. The molecule has 0 saturated carbocycles. The highest BCUT2D eigenvalue weighted by Crippen LogP contribution is 2.35. The second-order valence-electron chi connectivity index (χ2n) is 4.96. The minimum absolute atomic E-state index is 0.153. The lowest BCUT2D eigenvalue weighted by atomic mass is 9.95. The number of benzene rings is 2. The molecule has 1 heterocycles. The van der Waals surface area contributed by atoms with Crippen LogP contribution in [0.3, 0.4) is 0 Å². The van der Waals surface area contributed by atoms with E-state index in [1.807, 2.05) is 43.3 Å². The van der Waals surface area contributed by atoms with E-state index >= 15 is 0 Å². The molecule has 4 nitrogen and oxygen atoms in total.